The molecule has 2 saturated heterocycles. The minimum absolute atomic E-state index is 0.0984. The van der Waals surface area contributed by atoms with Gasteiger partial charge in [0, 0.05) is 58.4 Å². The molecule has 1 aromatic carbocycles. The molecule has 0 aliphatic carbocycles. The van der Waals surface area contributed by atoms with Gasteiger partial charge in [-0.15, -0.1) is 0 Å². The molecule has 0 radical (unpaired) electrons. The first kappa shape index (κ1) is 27.9. The maximum atomic E-state index is 12.9. The number of piperidine rings is 1. The van der Waals surface area contributed by atoms with E-state index in [4.69, 9.17) is 24.1 Å². The van der Waals surface area contributed by atoms with Crippen LogP contribution in [-0.2, 0) is 14.3 Å². The Morgan fingerprint density at radius 3 is 2.32 bits per heavy atom. The number of rotatable bonds is 7. The van der Waals surface area contributed by atoms with E-state index in [1.807, 2.05) is 29.2 Å². The molecule has 1 aromatic rings. The minimum Gasteiger partial charge on any atom is -0.497 e. The van der Waals surface area contributed by atoms with Crippen molar-refractivity contribution >= 4 is 11.9 Å². The molecule has 2 aliphatic rings. The Morgan fingerprint density at radius 1 is 1.15 bits per heavy atom. The minimum atomic E-state index is -5.08. The first-order valence-electron chi connectivity index (χ1n) is 11.0. The van der Waals surface area contributed by atoms with Gasteiger partial charge in [0.15, 0.2) is 0 Å². The van der Waals surface area contributed by atoms with Crippen LogP contribution >= 0.6 is 0 Å². The van der Waals surface area contributed by atoms with Crippen molar-refractivity contribution in [3.8, 4) is 5.75 Å². The Balaban J connectivity index is 0.000000509. The van der Waals surface area contributed by atoms with Crippen LogP contribution in [0.2, 0.25) is 0 Å². The number of hydrogen-bond acceptors (Lipinski definition) is 6. The topological polar surface area (TPSA) is 88.5 Å². The van der Waals surface area contributed by atoms with E-state index in [1.165, 1.54) is 0 Å². The average molecular weight is 491 g/mol. The monoisotopic (exact) mass is 490 g/mol. The summed E-state index contributed by atoms with van der Waals surface area (Å²) in [7, 11) is 5.16. The second-order valence-corrected chi connectivity index (χ2v) is 8.57. The molecule has 0 bridgehead atoms. The van der Waals surface area contributed by atoms with Gasteiger partial charge in [0.25, 0.3) is 5.91 Å². The molecule has 1 atom stereocenters. The normalized spacial score (nSPS) is 20.1. The summed E-state index contributed by atoms with van der Waals surface area (Å²) < 4.78 is 47.8. The maximum absolute atomic E-state index is 12.9. The van der Waals surface area contributed by atoms with E-state index in [2.05, 4.69) is 4.90 Å². The van der Waals surface area contributed by atoms with Crippen LogP contribution in [0.1, 0.15) is 23.2 Å². The molecule has 1 spiro atoms. The molecule has 2 aliphatic heterocycles. The molecule has 0 saturated carbocycles. The molecule has 34 heavy (non-hydrogen) atoms. The summed E-state index contributed by atoms with van der Waals surface area (Å²) in [5, 5.41) is 7.12. The van der Waals surface area contributed by atoms with Crippen molar-refractivity contribution in [1.29, 1.82) is 0 Å². The lowest BCUT2D eigenvalue weighted by Crippen LogP contribution is -2.47. The Morgan fingerprint density at radius 2 is 1.79 bits per heavy atom. The van der Waals surface area contributed by atoms with Crippen molar-refractivity contribution in [3.05, 3.63) is 29.8 Å². The van der Waals surface area contributed by atoms with Crippen LogP contribution in [-0.4, -0.2) is 100 Å². The summed E-state index contributed by atoms with van der Waals surface area (Å²) in [5.74, 6) is -1.42. The van der Waals surface area contributed by atoms with E-state index in [1.54, 1.807) is 21.3 Å². The summed E-state index contributed by atoms with van der Waals surface area (Å²) >= 11 is 0. The number of likely N-dealkylation sites (tertiary alicyclic amines) is 2. The number of alkyl halides is 3. The van der Waals surface area contributed by atoms with Gasteiger partial charge < -0.3 is 29.1 Å². The third-order valence-corrected chi connectivity index (χ3v) is 6.47. The van der Waals surface area contributed by atoms with Crippen molar-refractivity contribution in [1.82, 2.24) is 9.80 Å². The number of halogens is 3. The molecular weight excluding hydrogens is 457 g/mol. The Kier molecular flexibility index (Phi) is 10.1. The average Bonchev–Trinajstić information content (AvgIpc) is 3.14. The third-order valence-electron chi connectivity index (χ3n) is 6.47. The Hall–Kier alpha value is -2.37. The molecule has 0 aromatic heterocycles. The first-order valence-corrected chi connectivity index (χ1v) is 11.0. The number of ether oxygens (including phenoxy) is 3. The molecule has 192 valence electrons. The van der Waals surface area contributed by atoms with Gasteiger partial charge in [-0.2, -0.15) is 13.2 Å². The highest BCUT2D eigenvalue weighted by Crippen LogP contribution is 2.45. The number of nitrogens with zero attached hydrogens (tertiary/aromatic N) is 2. The maximum Gasteiger partial charge on any atom is 0.490 e. The first-order chi connectivity index (χ1) is 16.1. The van der Waals surface area contributed by atoms with Crippen LogP contribution in [0.25, 0.3) is 0 Å². The number of amides is 1. The van der Waals surface area contributed by atoms with Crippen LogP contribution < -0.4 is 4.74 Å². The smallest absolute Gasteiger partial charge is 0.490 e. The molecule has 2 heterocycles. The lowest BCUT2D eigenvalue weighted by atomic mass is 9.71. The van der Waals surface area contributed by atoms with Crippen LogP contribution in [0.4, 0.5) is 13.2 Å². The van der Waals surface area contributed by atoms with Crippen molar-refractivity contribution in [2.24, 2.45) is 11.3 Å². The summed E-state index contributed by atoms with van der Waals surface area (Å²) in [4.78, 5) is 26.3. The summed E-state index contributed by atoms with van der Waals surface area (Å²) in [6, 6.07) is 7.43. The van der Waals surface area contributed by atoms with Crippen LogP contribution in [0.3, 0.4) is 0 Å². The summed E-state index contributed by atoms with van der Waals surface area (Å²) in [6.45, 7) is 6.24. The fourth-order valence-corrected chi connectivity index (χ4v) is 4.63. The number of carbonyl (C=O) groups excluding carboxylic acids is 1. The second kappa shape index (κ2) is 12.4. The van der Waals surface area contributed by atoms with Crippen LogP contribution in [0, 0.1) is 11.3 Å². The van der Waals surface area contributed by atoms with Crippen molar-refractivity contribution < 1.29 is 42.1 Å². The fourth-order valence-electron chi connectivity index (χ4n) is 4.63. The van der Waals surface area contributed by atoms with Gasteiger partial charge >= 0.3 is 12.1 Å². The van der Waals surface area contributed by atoms with E-state index in [0.717, 1.165) is 64.5 Å². The molecule has 1 amide bonds. The van der Waals surface area contributed by atoms with Crippen molar-refractivity contribution in [2.45, 2.75) is 19.0 Å². The number of carboxylic acids is 1. The summed E-state index contributed by atoms with van der Waals surface area (Å²) in [5.41, 5.74) is 0.946. The van der Waals surface area contributed by atoms with Gasteiger partial charge in [-0.3, -0.25) is 4.79 Å². The second-order valence-electron chi connectivity index (χ2n) is 8.57. The molecule has 1 N–H and O–H groups in total. The Labute approximate surface area is 197 Å². The highest BCUT2D eigenvalue weighted by Gasteiger charge is 2.48. The highest BCUT2D eigenvalue weighted by atomic mass is 19.4. The molecular formula is C23H33F3N2O6. The quantitative estimate of drug-likeness (QED) is 0.629. The molecule has 11 heteroatoms. The van der Waals surface area contributed by atoms with Gasteiger partial charge in [-0.05, 0) is 36.5 Å². The summed E-state index contributed by atoms with van der Waals surface area (Å²) in [6.07, 6.45) is -3.03. The lowest BCUT2D eigenvalue weighted by Gasteiger charge is -2.42. The zero-order valence-electron chi connectivity index (χ0n) is 19.8. The highest BCUT2D eigenvalue weighted by molar-refractivity contribution is 5.94. The third kappa shape index (κ3) is 7.31. The standard InChI is InChI=1S/C21H32N2O4.C2HF3O2/c1-25-12-11-22-14-18(15-26-2)21(16-22)7-9-23(10-8-21)20(24)17-5-4-6-19(13-17)27-3;3-2(4,5)1(6)7/h4-6,13,18H,7-12,14-16H2,1-3H3;(H,6,7). The SMILES string of the molecule is COCCN1CC(COC)C2(CCN(C(=O)c3cccc(OC)c3)CC2)C1.O=C(O)C(F)(F)F. The van der Waals surface area contributed by atoms with E-state index in [9.17, 15) is 18.0 Å². The lowest BCUT2D eigenvalue weighted by molar-refractivity contribution is -0.192. The van der Waals surface area contributed by atoms with Gasteiger partial charge in [0.1, 0.15) is 5.75 Å². The number of carboxylic acid groups (broad SMARTS) is 1. The van der Waals surface area contributed by atoms with E-state index in [0.29, 0.717) is 11.5 Å². The van der Waals surface area contributed by atoms with E-state index >= 15 is 0 Å². The molecule has 2 fully saturated rings. The van der Waals surface area contributed by atoms with Crippen LogP contribution in [0.5, 0.6) is 5.75 Å². The van der Waals surface area contributed by atoms with Gasteiger partial charge in [0.05, 0.1) is 20.3 Å². The predicted molar refractivity (Wildman–Crippen MR) is 118 cm³/mol. The number of carbonyl (C=O) groups is 2. The van der Waals surface area contributed by atoms with E-state index < -0.39 is 12.1 Å². The van der Waals surface area contributed by atoms with Crippen molar-refractivity contribution in [3.63, 3.8) is 0 Å². The number of methoxy groups -OCH3 is 3. The molecule has 3 rings (SSSR count). The zero-order chi connectivity index (χ0) is 25.4. The largest absolute Gasteiger partial charge is 0.497 e. The van der Waals surface area contributed by atoms with Gasteiger partial charge in [-0.25, -0.2) is 4.79 Å². The number of aliphatic carboxylic acids is 1. The fraction of sp³-hybridized carbons (Fsp3) is 0.652. The molecule has 1 unspecified atom stereocenters. The van der Waals surface area contributed by atoms with E-state index in [-0.39, 0.29) is 11.3 Å². The van der Waals surface area contributed by atoms with Gasteiger partial charge in [0.2, 0.25) is 0 Å². The van der Waals surface area contributed by atoms with Crippen LogP contribution in [0.15, 0.2) is 24.3 Å². The number of benzene rings is 1. The Bertz CT molecular complexity index is 812. The van der Waals surface area contributed by atoms with Gasteiger partial charge in [-0.1, -0.05) is 6.07 Å². The number of hydrogen-bond donors (Lipinski definition) is 1. The predicted octanol–water partition coefficient (Wildman–Crippen LogP) is 2.78. The zero-order valence-corrected chi connectivity index (χ0v) is 19.8. The van der Waals surface area contributed by atoms with Crippen molar-refractivity contribution in [2.75, 3.05) is 67.3 Å². The molecule has 8 nitrogen and oxygen atoms in total.